The number of rotatable bonds is 1. The lowest BCUT2D eigenvalue weighted by Gasteiger charge is -2.27. The summed E-state index contributed by atoms with van der Waals surface area (Å²) >= 11 is 0. The van der Waals surface area contributed by atoms with E-state index >= 15 is 0 Å². The highest BCUT2D eigenvalue weighted by Gasteiger charge is 2.40. The van der Waals surface area contributed by atoms with Crippen molar-refractivity contribution < 1.29 is 19.1 Å². The van der Waals surface area contributed by atoms with Gasteiger partial charge in [-0.25, -0.2) is 0 Å². The predicted molar refractivity (Wildman–Crippen MR) is 73.6 cm³/mol. The fraction of sp³-hybridized carbons (Fsp3) is 0.429. The molecular weight excluding hydrogens is 288 g/mol. The van der Waals surface area contributed by atoms with E-state index in [0.717, 1.165) is 12.8 Å². The zero-order valence-corrected chi connectivity index (χ0v) is 11.7. The molecule has 2 aliphatic heterocycles. The molecule has 0 radical (unpaired) electrons. The lowest BCUT2D eigenvalue weighted by Crippen LogP contribution is -2.42. The summed E-state index contributed by atoms with van der Waals surface area (Å²) in [5.41, 5.74) is 1.08. The molecule has 114 valence electrons. The fourth-order valence-corrected chi connectivity index (χ4v) is 3.37. The molecule has 0 spiro atoms. The summed E-state index contributed by atoms with van der Waals surface area (Å²) in [6.45, 7) is 0.494. The van der Waals surface area contributed by atoms with Crippen LogP contribution in [0.25, 0.3) is 11.0 Å². The number of carbonyl (C=O) groups is 2. The summed E-state index contributed by atoms with van der Waals surface area (Å²) in [6, 6.07) is 4.64. The maximum Gasteiger partial charge on any atom is 0.254 e. The first kappa shape index (κ1) is 13.1. The maximum atomic E-state index is 12.8. The number of fused-ring (bicyclic) bond motifs is 3. The molecule has 2 bridgehead atoms. The monoisotopic (exact) mass is 302 g/mol. The van der Waals surface area contributed by atoms with Crippen molar-refractivity contribution in [1.82, 2.24) is 15.4 Å². The van der Waals surface area contributed by atoms with E-state index in [1.165, 1.54) is 6.07 Å². The van der Waals surface area contributed by atoms with Crippen molar-refractivity contribution in [3.63, 3.8) is 0 Å². The van der Waals surface area contributed by atoms with Crippen LogP contribution in [0, 0.1) is 5.21 Å². The van der Waals surface area contributed by atoms with Gasteiger partial charge in [-0.1, -0.05) is 0 Å². The van der Waals surface area contributed by atoms with Gasteiger partial charge in [0.05, 0.1) is 0 Å². The maximum absolute atomic E-state index is 12.8. The molecule has 2 fully saturated rings. The van der Waals surface area contributed by atoms with E-state index in [0.29, 0.717) is 28.9 Å². The molecule has 0 saturated carbocycles. The van der Waals surface area contributed by atoms with Crippen LogP contribution in [0.4, 0.5) is 0 Å². The summed E-state index contributed by atoms with van der Waals surface area (Å²) in [6.07, 6.45) is 2.08. The number of hydrogen-bond acceptors (Lipinski definition) is 5. The lowest BCUT2D eigenvalue weighted by molar-refractivity contribution is -0.782. The molecule has 1 N–H and O–H groups in total. The van der Waals surface area contributed by atoms with Crippen LogP contribution >= 0.6 is 0 Å². The molecule has 8 nitrogen and oxygen atoms in total. The van der Waals surface area contributed by atoms with Gasteiger partial charge in [-0.3, -0.25) is 14.2 Å². The predicted octanol–water partition coefficient (Wildman–Crippen LogP) is -0.0457. The third kappa shape index (κ3) is 1.91. The van der Waals surface area contributed by atoms with Gasteiger partial charge in [0, 0.05) is 41.8 Å². The topological polar surface area (TPSA) is 102 Å². The molecule has 8 heteroatoms. The molecule has 2 amide bonds. The highest BCUT2D eigenvalue weighted by atomic mass is 16.8. The van der Waals surface area contributed by atoms with Gasteiger partial charge in [0.15, 0.2) is 0 Å². The Morgan fingerprint density at radius 3 is 3.09 bits per heavy atom. The Morgan fingerprint density at radius 1 is 1.41 bits per heavy atom. The first-order valence-corrected chi connectivity index (χ1v) is 7.22. The van der Waals surface area contributed by atoms with Crippen LogP contribution in [0.15, 0.2) is 22.8 Å². The second-order valence-corrected chi connectivity index (χ2v) is 5.74. The standard InChI is InChI=1S/C14H14N4O4/c19-13-6-9-2-3-10(7-15-13)17(9)14(20)8-1-4-12-11(5-8)16-22-18(12)21/h1,4-5,9-10H,2-3,6-7H2,(H,15,19)/t9-,10+/m1/s1. The van der Waals surface area contributed by atoms with Gasteiger partial charge in [-0.2, -0.15) is 0 Å². The second kappa shape index (κ2) is 4.69. The van der Waals surface area contributed by atoms with Crippen molar-refractivity contribution in [2.24, 2.45) is 0 Å². The van der Waals surface area contributed by atoms with Gasteiger partial charge in [-0.15, -0.1) is 0 Å². The minimum absolute atomic E-state index is 0.00986. The van der Waals surface area contributed by atoms with Crippen LogP contribution in [0.2, 0.25) is 0 Å². The zero-order chi connectivity index (χ0) is 15.3. The molecule has 2 saturated heterocycles. The fourth-order valence-electron chi connectivity index (χ4n) is 3.37. The number of nitrogens with zero attached hydrogens (tertiary/aromatic N) is 3. The van der Waals surface area contributed by atoms with Gasteiger partial charge in [0.2, 0.25) is 16.9 Å². The van der Waals surface area contributed by atoms with Crippen molar-refractivity contribution >= 4 is 22.8 Å². The minimum atomic E-state index is -0.133. The molecule has 0 aliphatic carbocycles. The highest BCUT2D eigenvalue weighted by Crippen LogP contribution is 2.30. The van der Waals surface area contributed by atoms with E-state index in [-0.39, 0.29) is 29.4 Å². The minimum Gasteiger partial charge on any atom is -0.359 e. The molecule has 22 heavy (non-hydrogen) atoms. The Balaban J connectivity index is 1.68. The van der Waals surface area contributed by atoms with E-state index in [9.17, 15) is 14.8 Å². The first-order chi connectivity index (χ1) is 10.6. The first-order valence-electron chi connectivity index (χ1n) is 7.22. The quantitative estimate of drug-likeness (QED) is 0.744. The Labute approximate surface area is 125 Å². The van der Waals surface area contributed by atoms with E-state index in [2.05, 4.69) is 15.1 Å². The molecule has 0 unspecified atom stereocenters. The number of aromatic nitrogens is 2. The van der Waals surface area contributed by atoms with Gasteiger partial charge in [-0.05, 0) is 29.9 Å². The third-order valence-electron chi connectivity index (χ3n) is 4.44. The van der Waals surface area contributed by atoms with Crippen LogP contribution in [0.1, 0.15) is 29.6 Å². The zero-order valence-electron chi connectivity index (χ0n) is 11.7. The SMILES string of the molecule is O=C1C[C@H]2CC[C@@H](CN1)N2C(=O)c1ccc2c(c1)no[n+]2[O-]. The molecule has 2 aromatic rings. The molecular formula is C14H14N4O4. The third-order valence-corrected chi connectivity index (χ3v) is 4.44. The van der Waals surface area contributed by atoms with Crippen LogP contribution in [0.3, 0.4) is 0 Å². The summed E-state index contributed by atoms with van der Waals surface area (Å²) in [7, 11) is 0. The van der Waals surface area contributed by atoms with Crippen molar-refractivity contribution in [2.45, 2.75) is 31.3 Å². The van der Waals surface area contributed by atoms with Gasteiger partial charge < -0.3 is 15.4 Å². The Morgan fingerprint density at radius 2 is 2.23 bits per heavy atom. The molecule has 2 aliphatic rings. The summed E-state index contributed by atoms with van der Waals surface area (Å²) in [5.74, 6) is -0.143. The molecule has 1 aromatic heterocycles. The van der Waals surface area contributed by atoms with Crippen LogP contribution < -0.4 is 10.2 Å². The highest BCUT2D eigenvalue weighted by molar-refractivity contribution is 5.98. The lowest BCUT2D eigenvalue weighted by atomic mass is 10.1. The molecule has 3 heterocycles. The van der Waals surface area contributed by atoms with E-state index < -0.39 is 0 Å². The van der Waals surface area contributed by atoms with Crippen LogP contribution in [0.5, 0.6) is 0 Å². The average Bonchev–Trinajstić information content (AvgIpc) is 3.02. The van der Waals surface area contributed by atoms with Crippen molar-refractivity contribution in [3.8, 4) is 0 Å². The normalized spacial score (nSPS) is 24.4. The average molecular weight is 302 g/mol. The van der Waals surface area contributed by atoms with E-state index in [1.54, 1.807) is 17.0 Å². The number of benzene rings is 1. The van der Waals surface area contributed by atoms with Crippen molar-refractivity contribution in [2.75, 3.05) is 6.54 Å². The van der Waals surface area contributed by atoms with Crippen LogP contribution in [-0.2, 0) is 4.79 Å². The summed E-state index contributed by atoms with van der Waals surface area (Å²) < 4.78 is 4.52. The number of hydrogen-bond donors (Lipinski definition) is 1. The Kier molecular flexibility index (Phi) is 2.78. The number of amides is 2. The Bertz CT molecular complexity index is 771. The molecule has 2 atom stereocenters. The summed E-state index contributed by atoms with van der Waals surface area (Å²) in [5, 5.41) is 17.8. The Hall–Kier alpha value is -2.64. The van der Waals surface area contributed by atoms with E-state index in [1.807, 2.05) is 0 Å². The smallest absolute Gasteiger partial charge is 0.254 e. The van der Waals surface area contributed by atoms with Gasteiger partial charge in [0.1, 0.15) is 0 Å². The number of nitrogens with one attached hydrogen (secondary N) is 1. The van der Waals surface area contributed by atoms with Crippen LogP contribution in [-0.4, -0.2) is 40.5 Å². The van der Waals surface area contributed by atoms with Crippen molar-refractivity contribution in [1.29, 1.82) is 0 Å². The number of carbonyl (C=O) groups excluding carboxylic acids is 2. The van der Waals surface area contributed by atoms with Gasteiger partial charge >= 0.3 is 0 Å². The van der Waals surface area contributed by atoms with Crippen molar-refractivity contribution in [3.05, 3.63) is 29.0 Å². The van der Waals surface area contributed by atoms with Gasteiger partial charge in [0.25, 0.3) is 5.91 Å². The second-order valence-electron chi connectivity index (χ2n) is 5.74. The summed E-state index contributed by atoms with van der Waals surface area (Å²) in [4.78, 5) is 26.6. The molecule has 1 aromatic carbocycles. The molecule has 4 rings (SSSR count). The van der Waals surface area contributed by atoms with E-state index in [4.69, 9.17) is 0 Å². The largest absolute Gasteiger partial charge is 0.359 e.